The summed E-state index contributed by atoms with van der Waals surface area (Å²) in [6.07, 6.45) is 2.36. The summed E-state index contributed by atoms with van der Waals surface area (Å²) in [5, 5.41) is 8.61. The number of hydrogen-bond acceptors (Lipinski definition) is 1. The Kier molecular flexibility index (Phi) is 1.58. The fourth-order valence-electron chi connectivity index (χ4n) is 1.25. The Hall–Kier alpha value is -0.730. The van der Waals surface area contributed by atoms with E-state index < -0.39 is 6.09 Å². The van der Waals surface area contributed by atoms with Gasteiger partial charge in [0.1, 0.15) is 0 Å². The zero-order valence-electron chi connectivity index (χ0n) is 6.42. The van der Waals surface area contributed by atoms with Gasteiger partial charge in [-0.15, -0.1) is 0 Å². The molecule has 0 aromatic rings. The highest BCUT2D eigenvalue weighted by Gasteiger charge is 2.38. The van der Waals surface area contributed by atoms with Crippen LogP contribution in [0.1, 0.15) is 26.2 Å². The monoisotopic (exact) mass is 143 g/mol. The Morgan fingerprint density at radius 1 is 1.60 bits per heavy atom. The third-order valence-corrected chi connectivity index (χ3v) is 2.53. The van der Waals surface area contributed by atoms with Crippen molar-refractivity contribution in [3.05, 3.63) is 0 Å². The summed E-state index contributed by atoms with van der Waals surface area (Å²) in [6.45, 7) is 1.99. The normalized spacial score (nSPS) is 21.4. The van der Waals surface area contributed by atoms with E-state index in [9.17, 15) is 4.79 Å². The molecule has 0 atom stereocenters. The van der Waals surface area contributed by atoms with E-state index in [2.05, 4.69) is 0 Å². The SMILES string of the molecule is CN(C(=O)O)C1(C)CCC1. The number of carbonyl (C=O) groups is 1. The molecule has 1 amide bonds. The Labute approximate surface area is 60.6 Å². The number of rotatable bonds is 1. The molecule has 0 unspecified atom stereocenters. The van der Waals surface area contributed by atoms with Gasteiger partial charge in [-0.25, -0.2) is 4.79 Å². The van der Waals surface area contributed by atoms with E-state index in [1.54, 1.807) is 7.05 Å². The molecule has 1 fully saturated rings. The second kappa shape index (κ2) is 2.15. The van der Waals surface area contributed by atoms with Crippen molar-refractivity contribution in [3.8, 4) is 0 Å². The third kappa shape index (κ3) is 0.958. The van der Waals surface area contributed by atoms with Crippen LogP contribution in [0.5, 0.6) is 0 Å². The largest absolute Gasteiger partial charge is 0.465 e. The highest BCUT2D eigenvalue weighted by atomic mass is 16.4. The van der Waals surface area contributed by atoms with Gasteiger partial charge in [-0.1, -0.05) is 0 Å². The number of nitrogens with zero attached hydrogens (tertiary/aromatic N) is 1. The minimum absolute atomic E-state index is 0.0637. The number of carboxylic acid groups (broad SMARTS) is 1. The minimum atomic E-state index is -0.817. The predicted molar refractivity (Wildman–Crippen MR) is 38.0 cm³/mol. The minimum Gasteiger partial charge on any atom is -0.465 e. The molecule has 58 valence electrons. The van der Waals surface area contributed by atoms with E-state index in [0.29, 0.717) is 0 Å². The topological polar surface area (TPSA) is 40.5 Å². The molecule has 1 aliphatic rings. The van der Waals surface area contributed by atoms with Crippen LogP contribution in [0, 0.1) is 0 Å². The first-order valence-electron chi connectivity index (χ1n) is 3.53. The van der Waals surface area contributed by atoms with Gasteiger partial charge in [0.05, 0.1) is 0 Å². The first-order chi connectivity index (χ1) is 4.56. The molecule has 0 radical (unpaired) electrons. The van der Waals surface area contributed by atoms with Crippen molar-refractivity contribution in [3.63, 3.8) is 0 Å². The van der Waals surface area contributed by atoms with Crippen LogP contribution in [-0.2, 0) is 0 Å². The molecule has 1 N–H and O–H groups in total. The molecule has 1 saturated carbocycles. The molecule has 1 aliphatic carbocycles. The van der Waals surface area contributed by atoms with Crippen molar-refractivity contribution < 1.29 is 9.90 Å². The van der Waals surface area contributed by atoms with Crippen LogP contribution in [0.25, 0.3) is 0 Å². The average Bonchev–Trinajstić information content (AvgIpc) is 1.81. The molecule has 0 saturated heterocycles. The molecule has 0 aromatic heterocycles. The highest BCUT2D eigenvalue weighted by Crippen LogP contribution is 2.35. The summed E-state index contributed by atoms with van der Waals surface area (Å²) in [5.74, 6) is 0. The zero-order chi connectivity index (χ0) is 7.78. The number of hydrogen-bond donors (Lipinski definition) is 1. The zero-order valence-corrected chi connectivity index (χ0v) is 6.42. The summed E-state index contributed by atoms with van der Waals surface area (Å²) in [4.78, 5) is 11.9. The predicted octanol–water partition coefficient (Wildman–Crippen LogP) is 1.54. The molecule has 0 aliphatic heterocycles. The Morgan fingerprint density at radius 2 is 2.10 bits per heavy atom. The average molecular weight is 143 g/mol. The fourth-order valence-corrected chi connectivity index (χ4v) is 1.25. The highest BCUT2D eigenvalue weighted by molar-refractivity contribution is 5.65. The van der Waals surface area contributed by atoms with Gasteiger partial charge in [0.25, 0.3) is 0 Å². The molecular weight excluding hydrogens is 130 g/mol. The first-order valence-corrected chi connectivity index (χ1v) is 3.53. The van der Waals surface area contributed by atoms with Gasteiger partial charge in [0.15, 0.2) is 0 Å². The molecular formula is C7H13NO2. The second-order valence-corrected chi connectivity index (χ2v) is 3.19. The quantitative estimate of drug-likeness (QED) is 0.604. The molecule has 0 spiro atoms. The van der Waals surface area contributed by atoms with Gasteiger partial charge in [0.2, 0.25) is 0 Å². The molecule has 0 bridgehead atoms. The summed E-state index contributed by atoms with van der Waals surface area (Å²) in [6, 6.07) is 0. The maximum Gasteiger partial charge on any atom is 0.407 e. The van der Waals surface area contributed by atoms with Crippen LogP contribution < -0.4 is 0 Å². The van der Waals surface area contributed by atoms with Crippen LogP contribution in [0.4, 0.5) is 4.79 Å². The van der Waals surface area contributed by atoms with Crippen LogP contribution in [-0.4, -0.2) is 28.7 Å². The van der Waals surface area contributed by atoms with Crippen molar-refractivity contribution in [1.82, 2.24) is 4.90 Å². The van der Waals surface area contributed by atoms with Crippen LogP contribution in [0.3, 0.4) is 0 Å². The van der Waals surface area contributed by atoms with Crippen LogP contribution in [0.2, 0.25) is 0 Å². The van der Waals surface area contributed by atoms with Gasteiger partial charge >= 0.3 is 6.09 Å². The van der Waals surface area contributed by atoms with Crippen molar-refractivity contribution in [2.75, 3.05) is 7.05 Å². The first kappa shape index (κ1) is 7.38. The van der Waals surface area contributed by atoms with Crippen molar-refractivity contribution in [2.24, 2.45) is 0 Å². The lowest BCUT2D eigenvalue weighted by Gasteiger charge is -2.44. The lowest BCUT2D eigenvalue weighted by atomic mass is 9.77. The third-order valence-electron chi connectivity index (χ3n) is 2.53. The lowest BCUT2D eigenvalue weighted by molar-refractivity contribution is 0.0543. The lowest BCUT2D eigenvalue weighted by Crippen LogP contribution is -2.51. The second-order valence-electron chi connectivity index (χ2n) is 3.19. The van der Waals surface area contributed by atoms with E-state index in [1.165, 1.54) is 4.90 Å². The van der Waals surface area contributed by atoms with Crippen LogP contribution >= 0.6 is 0 Å². The molecule has 1 rings (SSSR count). The standard InChI is InChI=1S/C7H13NO2/c1-7(4-3-5-7)8(2)6(9)10/h3-5H2,1-2H3,(H,9,10). The summed E-state index contributed by atoms with van der Waals surface area (Å²) < 4.78 is 0. The van der Waals surface area contributed by atoms with Crippen molar-refractivity contribution >= 4 is 6.09 Å². The fraction of sp³-hybridized carbons (Fsp3) is 0.857. The van der Waals surface area contributed by atoms with Gasteiger partial charge in [0, 0.05) is 12.6 Å². The molecule has 3 nitrogen and oxygen atoms in total. The van der Waals surface area contributed by atoms with E-state index >= 15 is 0 Å². The van der Waals surface area contributed by atoms with E-state index in [0.717, 1.165) is 19.3 Å². The maximum absolute atomic E-state index is 10.5. The summed E-state index contributed by atoms with van der Waals surface area (Å²) in [7, 11) is 1.64. The summed E-state index contributed by atoms with van der Waals surface area (Å²) >= 11 is 0. The Balaban J connectivity index is 2.54. The summed E-state index contributed by atoms with van der Waals surface area (Å²) in [5.41, 5.74) is -0.0637. The van der Waals surface area contributed by atoms with E-state index in [4.69, 9.17) is 5.11 Å². The maximum atomic E-state index is 10.5. The van der Waals surface area contributed by atoms with Gasteiger partial charge in [-0.05, 0) is 26.2 Å². The molecule has 0 heterocycles. The molecule has 3 heteroatoms. The molecule has 0 aromatic carbocycles. The van der Waals surface area contributed by atoms with Crippen LogP contribution in [0.15, 0.2) is 0 Å². The Bertz CT molecular complexity index is 152. The van der Waals surface area contributed by atoms with Gasteiger partial charge < -0.3 is 10.0 Å². The van der Waals surface area contributed by atoms with Crippen molar-refractivity contribution in [1.29, 1.82) is 0 Å². The van der Waals surface area contributed by atoms with Crippen molar-refractivity contribution in [2.45, 2.75) is 31.7 Å². The molecule has 10 heavy (non-hydrogen) atoms. The smallest absolute Gasteiger partial charge is 0.407 e. The van der Waals surface area contributed by atoms with E-state index in [-0.39, 0.29) is 5.54 Å². The van der Waals surface area contributed by atoms with Gasteiger partial charge in [-0.2, -0.15) is 0 Å². The van der Waals surface area contributed by atoms with E-state index in [1.807, 2.05) is 6.92 Å². The Morgan fingerprint density at radius 3 is 2.20 bits per heavy atom. The number of amides is 1. The van der Waals surface area contributed by atoms with Gasteiger partial charge in [-0.3, -0.25) is 0 Å².